The average Bonchev–Trinajstić information content (AvgIpc) is 3.41. The van der Waals surface area contributed by atoms with Crippen molar-refractivity contribution in [3.05, 3.63) is 59.5 Å². The summed E-state index contributed by atoms with van der Waals surface area (Å²) in [5.41, 5.74) is 2.24. The van der Waals surface area contributed by atoms with Gasteiger partial charge in [0.05, 0.1) is 37.5 Å². The molecular weight excluding hydrogens is 644 g/mol. The zero-order valence-electron chi connectivity index (χ0n) is 29.9. The maximum absolute atomic E-state index is 14.4. The first-order valence-electron chi connectivity index (χ1n) is 16.9. The lowest BCUT2D eigenvalue weighted by Crippen LogP contribution is -2.48. The number of amides is 5. The number of hydrogen-bond donors (Lipinski definition) is 4. The van der Waals surface area contributed by atoms with E-state index in [4.69, 9.17) is 18.7 Å². The van der Waals surface area contributed by atoms with Gasteiger partial charge < -0.3 is 49.6 Å². The summed E-state index contributed by atoms with van der Waals surface area (Å²) >= 11 is 0. The molecule has 2 heterocycles. The van der Waals surface area contributed by atoms with E-state index in [1.54, 1.807) is 87.2 Å². The third-order valence-corrected chi connectivity index (χ3v) is 8.72. The number of urea groups is 2. The van der Waals surface area contributed by atoms with Gasteiger partial charge in [-0.05, 0) is 89.4 Å². The molecule has 14 nitrogen and oxygen atoms in total. The summed E-state index contributed by atoms with van der Waals surface area (Å²) in [6.07, 6.45) is 1.70. The molecule has 0 radical (unpaired) electrons. The number of nitrogens with zero attached hydrogens (tertiary/aromatic N) is 3. The van der Waals surface area contributed by atoms with Crippen LogP contribution < -0.4 is 25.4 Å². The van der Waals surface area contributed by atoms with Crippen LogP contribution in [0.2, 0.25) is 0 Å². The van der Waals surface area contributed by atoms with Gasteiger partial charge in [0.15, 0.2) is 5.76 Å². The van der Waals surface area contributed by atoms with Gasteiger partial charge in [-0.1, -0.05) is 12.1 Å². The fourth-order valence-corrected chi connectivity index (χ4v) is 5.65. The van der Waals surface area contributed by atoms with Gasteiger partial charge in [0.1, 0.15) is 22.9 Å². The highest BCUT2D eigenvalue weighted by Crippen LogP contribution is 2.29. The van der Waals surface area contributed by atoms with Gasteiger partial charge >= 0.3 is 12.1 Å². The predicted molar refractivity (Wildman–Crippen MR) is 190 cm³/mol. The highest BCUT2D eigenvalue weighted by Gasteiger charge is 2.31. The minimum Gasteiger partial charge on any atom is -0.497 e. The maximum atomic E-state index is 14.4. The Kier molecular flexibility index (Phi) is 13.5. The van der Waals surface area contributed by atoms with Gasteiger partial charge in [0.25, 0.3) is 5.91 Å². The van der Waals surface area contributed by atoms with Crippen molar-refractivity contribution in [2.24, 2.45) is 5.92 Å². The molecule has 272 valence electrons. The highest BCUT2D eigenvalue weighted by atomic mass is 16.5. The summed E-state index contributed by atoms with van der Waals surface area (Å²) < 4.78 is 23.0. The van der Waals surface area contributed by atoms with Crippen LogP contribution in [0.15, 0.2) is 47.0 Å². The van der Waals surface area contributed by atoms with Crippen molar-refractivity contribution in [1.82, 2.24) is 15.0 Å². The molecule has 0 unspecified atom stereocenters. The fraction of sp³-hybridized carbons (Fsp3) is 0.500. The van der Waals surface area contributed by atoms with Gasteiger partial charge in [-0.15, -0.1) is 0 Å². The number of hydrogen-bond acceptors (Lipinski definition) is 9. The Morgan fingerprint density at radius 3 is 2.46 bits per heavy atom. The summed E-state index contributed by atoms with van der Waals surface area (Å²) in [5, 5.41) is 22.5. The molecule has 1 aliphatic heterocycles. The lowest BCUT2D eigenvalue weighted by molar-refractivity contribution is -0.0115. The topological polar surface area (TPSA) is 168 Å². The number of aliphatic hydroxyl groups is 1. The number of aliphatic hydroxyl groups excluding tert-OH is 1. The highest BCUT2D eigenvalue weighted by molar-refractivity contribution is 6.03. The van der Waals surface area contributed by atoms with Crippen LogP contribution in [0.5, 0.6) is 11.5 Å². The van der Waals surface area contributed by atoms with Crippen molar-refractivity contribution in [2.45, 2.75) is 72.1 Å². The Hall–Kier alpha value is -4.82. The number of likely N-dealkylation sites (N-methyl/N-ethyl adjacent to an activating group) is 1. The Balaban J connectivity index is 1.57. The summed E-state index contributed by atoms with van der Waals surface area (Å²) in [5.74, 6) is 0.911. The second-order valence-electron chi connectivity index (χ2n) is 12.8. The first-order valence-corrected chi connectivity index (χ1v) is 16.9. The molecule has 4 atom stereocenters. The minimum absolute atomic E-state index is 0.211. The Bertz CT molecular complexity index is 1580. The number of carbonyl (C=O) groups is 3. The number of aryl methyl sites for hydroxylation is 2. The van der Waals surface area contributed by atoms with Crippen LogP contribution in [-0.4, -0.2) is 96.7 Å². The smallest absolute Gasteiger partial charge is 0.323 e. The van der Waals surface area contributed by atoms with Crippen molar-refractivity contribution in [3.8, 4) is 11.5 Å². The normalized spacial score (nSPS) is 19.3. The molecule has 2 aromatic carbocycles. The van der Waals surface area contributed by atoms with E-state index in [-0.39, 0.29) is 49.2 Å². The van der Waals surface area contributed by atoms with Gasteiger partial charge in [-0.25, -0.2) is 9.59 Å². The number of aromatic nitrogens is 1. The standard InChI is InChI=1S/C36H50N6O8/c1-22-19-42(23(2)21-43)34(44)30-18-28(37-35(45)39-33-25(4)40-50-26(33)5)13-16-31(30)49-24(3)10-8-9-17-48-32(22)20-41(6)36(46)38-27-11-14-29(47-7)15-12-27/h11-16,18,22-24,32,43H,8-10,17,19-21H2,1-7H3,(H,38,46)(H2,37,39,45)/t22-,23-,24-,32+/m1/s1. The SMILES string of the molecule is COc1ccc(NC(=O)N(C)C[C@@H]2OCCCC[C@@H](C)Oc3ccc(NC(=O)Nc4c(C)noc4C)cc3C(=O)N([C@H](C)CO)C[C@H]2C)cc1. The van der Waals surface area contributed by atoms with E-state index in [0.717, 1.165) is 19.3 Å². The Morgan fingerprint density at radius 1 is 1.08 bits per heavy atom. The Morgan fingerprint density at radius 2 is 1.80 bits per heavy atom. The van der Waals surface area contributed by atoms with Gasteiger partial charge in [-0.2, -0.15) is 0 Å². The van der Waals surface area contributed by atoms with Gasteiger partial charge in [0.2, 0.25) is 0 Å². The van der Waals surface area contributed by atoms with Crippen LogP contribution in [0.25, 0.3) is 0 Å². The van der Waals surface area contributed by atoms with Crippen molar-refractivity contribution >= 4 is 35.0 Å². The Labute approximate surface area is 293 Å². The van der Waals surface area contributed by atoms with Crippen LogP contribution in [0, 0.1) is 19.8 Å². The van der Waals surface area contributed by atoms with Gasteiger partial charge in [-0.3, -0.25) is 4.79 Å². The van der Waals surface area contributed by atoms with Crippen molar-refractivity contribution in [2.75, 3.05) is 56.4 Å². The van der Waals surface area contributed by atoms with E-state index in [1.165, 1.54) is 0 Å². The van der Waals surface area contributed by atoms with Crippen LogP contribution in [-0.2, 0) is 4.74 Å². The fourth-order valence-electron chi connectivity index (χ4n) is 5.65. The van der Waals surface area contributed by atoms with Crippen molar-refractivity contribution in [3.63, 3.8) is 0 Å². The molecule has 14 heteroatoms. The number of anilines is 3. The number of fused-ring (bicyclic) bond motifs is 1. The number of benzene rings is 2. The summed E-state index contributed by atoms with van der Waals surface area (Å²) in [4.78, 5) is 43.6. The van der Waals surface area contributed by atoms with Crippen LogP contribution in [0.3, 0.4) is 0 Å². The van der Waals surface area contributed by atoms with E-state index >= 15 is 0 Å². The molecule has 0 aliphatic carbocycles. The monoisotopic (exact) mass is 694 g/mol. The summed E-state index contributed by atoms with van der Waals surface area (Å²) in [7, 11) is 3.28. The molecule has 3 aromatic rings. The molecular formula is C36H50N6O8. The van der Waals surface area contributed by atoms with Crippen LogP contribution >= 0.6 is 0 Å². The van der Waals surface area contributed by atoms with E-state index < -0.39 is 18.2 Å². The minimum atomic E-state index is -0.556. The second-order valence-corrected chi connectivity index (χ2v) is 12.8. The third kappa shape index (κ3) is 10.1. The molecule has 1 aliphatic rings. The molecule has 0 bridgehead atoms. The number of nitrogens with one attached hydrogen (secondary N) is 3. The molecule has 5 amide bonds. The summed E-state index contributed by atoms with van der Waals surface area (Å²) in [6.45, 7) is 9.77. The summed E-state index contributed by atoms with van der Waals surface area (Å²) in [6, 6.07) is 10.6. The molecule has 0 saturated heterocycles. The number of rotatable bonds is 8. The molecule has 0 fully saturated rings. The predicted octanol–water partition coefficient (Wildman–Crippen LogP) is 5.90. The van der Waals surface area contributed by atoms with Crippen molar-refractivity contribution in [1.29, 1.82) is 0 Å². The van der Waals surface area contributed by atoms with E-state index in [2.05, 4.69) is 21.1 Å². The van der Waals surface area contributed by atoms with Crippen molar-refractivity contribution < 1.29 is 38.2 Å². The molecule has 50 heavy (non-hydrogen) atoms. The zero-order valence-corrected chi connectivity index (χ0v) is 29.9. The zero-order chi connectivity index (χ0) is 36.4. The third-order valence-electron chi connectivity index (χ3n) is 8.72. The van der Waals surface area contributed by atoms with Crippen LogP contribution in [0.4, 0.5) is 26.7 Å². The molecule has 0 spiro atoms. The average molecular weight is 695 g/mol. The number of ether oxygens (including phenoxy) is 3. The number of methoxy groups -OCH3 is 1. The first-order chi connectivity index (χ1) is 23.9. The first kappa shape index (κ1) is 38.0. The second kappa shape index (κ2) is 17.7. The largest absolute Gasteiger partial charge is 0.497 e. The number of carbonyl (C=O) groups excluding carboxylic acids is 3. The van der Waals surface area contributed by atoms with E-state index in [0.29, 0.717) is 46.6 Å². The molecule has 1 aromatic heterocycles. The quantitative estimate of drug-likeness (QED) is 0.224. The van der Waals surface area contributed by atoms with E-state index in [1.807, 2.05) is 13.8 Å². The van der Waals surface area contributed by atoms with Crippen LogP contribution in [0.1, 0.15) is 61.8 Å². The maximum Gasteiger partial charge on any atom is 0.323 e. The molecule has 4 rings (SSSR count). The molecule has 0 saturated carbocycles. The lowest BCUT2D eigenvalue weighted by Gasteiger charge is -2.35. The van der Waals surface area contributed by atoms with Gasteiger partial charge in [0, 0.05) is 44.0 Å². The molecule has 4 N–H and O–H groups in total. The lowest BCUT2D eigenvalue weighted by atomic mass is 10.0. The van der Waals surface area contributed by atoms with E-state index in [9.17, 15) is 19.5 Å².